The maximum Gasteiger partial charge on any atom is 0.200 e. The standard InChI is InChI=1S/C16H7F5N2/c17-12-11(13(18)15(20)16(21)14(12)19)10(9(6-22)7-23)8-4-2-1-3-5-8/h1-5,9-10H. The maximum atomic E-state index is 14.0. The summed E-state index contributed by atoms with van der Waals surface area (Å²) < 4.78 is 68.1. The number of hydrogen-bond acceptors (Lipinski definition) is 2. The van der Waals surface area contributed by atoms with Crippen LogP contribution in [0, 0.1) is 57.7 Å². The van der Waals surface area contributed by atoms with Gasteiger partial charge in [-0.25, -0.2) is 22.0 Å². The highest BCUT2D eigenvalue weighted by Gasteiger charge is 2.35. The van der Waals surface area contributed by atoms with Gasteiger partial charge >= 0.3 is 0 Å². The molecule has 0 heterocycles. The number of nitriles is 2. The number of rotatable bonds is 3. The summed E-state index contributed by atoms with van der Waals surface area (Å²) in [6, 6.07) is 10.2. The smallest absolute Gasteiger partial charge is 0.200 e. The summed E-state index contributed by atoms with van der Waals surface area (Å²) in [5.41, 5.74) is -1.11. The number of halogens is 5. The topological polar surface area (TPSA) is 47.6 Å². The molecule has 1 atom stereocenters. The van der Waals surface area contributed by atoms with Gasteiger partial charge in [-0.1, -0.05) is 30.3 Å². The Balaban J connectivity index is 2.82. The van der Waals surface area contributed by atoms with Crippen molar-refractivity contribution in [2.45, 2.75) is 5.92 Å². The third-order valence-electron chi connectivity index (χ3n) is 3.32. The van der Waals surface area contributed by atoms with Gasteiger partial charge in [0.05, 0.1) is 12.1 Å². The molecule has 23 heavy (non-hydrogen) atoms. The van der Waals surface area contributed by atoms with Crippen molar-refractivity contribution in [1.82, 2.24) is 0 Å². The van der Waals surface area contributed by atoms with Crippen molar-refractivity contribution in [3.05, 3.63) is 70.5 Å². The minimum Gasteiger partial charge on any atom is -0.203 e. The molecule has 0 aliphatic heterocycles. The summed E-state index contributed by atoms with van der Waals surface area (Å²) in [5, 5.41) is 18.0. The summed E-state index contributed by atoms with van der Waals surface area (Å²) in [6.07, 6.45) is 0. The zero-order chi connectivity index (χ0) is 17.1. The van der Waals surface area contributed by atoms with Gasteiger partial charge < -0.3 is 0 Å². The summed E-state index contributed by atoms with van der Waals surface area (Å²) in [6.45, 7) is 0. The van der Waals surface area contributed by atoms with E-state index in [-0.39, 0.29) is 5.56 Å². The molecule has 2 nitrogen and oxygen atoms in total. The highest BCUT2D eigenvalue weighted by Crippen LogP contribution is 2.37. The van der Waals surface area contributed by atoms with Crippen molar-refractivity contribution >= 4 is 0 Å². The predicted molar refractivity (Wildman–Crippen MR) is 69.2 cm³/mol. The number of benzene rings is 2. The molecule has 7 heteroatoms. The lowest BCUT2D eigenvalue weighted by Crippen LogP contribution is -2.18. The first-order valence-corrected chi connectivity index (χ1v) is 6.29. The molecule has 0 saturated heterocycles. The Morgan fingerprint density at radius 2 is 1.13 bits per heavy atom. The third-order valence-corrected chi connectivity index (χ3v) is 3.32. The fourth-order valence-corrected chi connectivity index (χ4v) is 2.26. The van der Waals surface area contributed by atoms with Crippen LogP contribution in [0.5, 0.6) is 0 Å². The van der Waals surface area contributed by atoms with E-state index in [4.69, 9.17) is 10.5 Å². The second-order valence-corrected chi connectivity index (χ2v) is 4.61. The Bertz CT molecular complexity index is 778. The molecule has 1 unspecified atom stereocenters. The molecule has 0 saturated carbocycles. The molecule has 0 radical (unpaired) electrons. The van der Waals surface area contributed by atoms with Crippen LogP contribution in [0.2, 0.25) is 0 Å². The SMILES string of the molecule is N#CC(C#N)C(c1ccccc1)c1c(F)c(F)c(F)c(F)c1F. The van der Waals surface area contributed by atoms with E-state index in [2.05, 4.69) is 0 Å². The van der Waals surface area contributed by atoms with Crippen LogP contribution in [0.1, 0.15) is 17.0 Å². The summed E-state index contributed by atoms with van der Waals surface area (Å²) >= 11 is 0. The average Bonchev–Trinajstić information content (AvgIpc) is 2.58. The summed E-state index contributed by atoms with van der Waals surface area (Å²) in [7, 11) is 0. The Hall–Kier alpha value is -2.93. The fraction of sp³-hybridized carbons (Fsp3) is 0.125. The van der Waals surface area contributed by atoms with Gasteiger partial charge in [0.2, 0.25) is 5.82 Å². The van der Waals surface area contributed by atoms with E-state index in [1.165, 1.54) is 36.4 Å². The van der Waals surface area contributed by atoms with E-state index in [0.717, 1.165) is 0 Å². The largest absolute Gasteiger partial charge is 0.203 e. The Kier molecular flexibility index (Phi) is 4.61. The molecular weight excluding hydrogens is 315 g/mol. The van der Waals surface area contributed by atoms with Gasteiger partial charge in [0.15, 0.2) is 23.3 Å². The Labute approximate surface area is 128 Å². The van der Waals surface area contributed by atoms with E-state index < -0.39 is 46.5 Å². The van der Waals surface area contributed by atoms with Crippen molar-refractivity contribution < 1.29 is 22.0 Å². The molecule has 0 spiro atoms. The Morgan fingerprint density at radius 1 is 0.696 bits per heavy atom. The van der Waals surface area contributed by atoms with Crippen molar-refractivity contribution in [3.8, 4) is 12.1 Å². The molecule has 0 fully saturated rings. The van der Waals surface area contributed by atoms with E-state index >= 15 is 0 Å². The van der Waals surface area contributed by atoms with Crippen LogP contribution in [-0.4, -0.2) is 0 Å². The molecule has 2 aromatic carbocycles. The lowest BCUT2D eigenvalue weighted by atomic mass is 9.81. The highest BCUT2D eigenvalue weighted by molar-refractivity contribution is 5.39. The van der Waals surface area contributed by atoms with Crippen LogP contribution in [-0.2, 0) is 0 Å². The second-order valence-electron chi connectivity index (χ2n) is 4.61. The normalized spacial score (nSPS) is 11.8. The van der Waals surface area contributed by atoms with Crippen LogP contribution in [0.15, 0.2) is 30.3 Å². The molecule has 0 N–H and O–H groups in total. The van der Waals surface area contributed by atoms with Gasteiger partial charge in [-0.3, -0.25) is 0 Å². The molecule has 0 aliphatic rings. The molecule has 0 amide bonds. The quantitative estimate of drug-likeness (QED) is 0.483. The van der Waals surface area contributed by atoms with Gasteiger partial charge in [-0.05, 0) is 5.56 Å². The molecular formula is C16H7F5N2. The first-order chi connectivity index (χ1) is 10.9. The van der Waals surface area contributed by atoms with E-state index in [1.807, 2.05) is 0 Å². The lowest BCUT2D eigenvalue weighted by molar-refractivity contribution is 0.364. The monoisotopic (exact) mass is 322 g/mol. The van der Waals surface area contributed by atoms with E-state index in [9.17, 15) is 22.0 Å². The number of nitrogens with zero attached hydrogens (tertiary/aromatic N) is 2. The van der Waals surface area contributed by atoms with Gasteiger partial charge in [0.1, 0.15) is 5.92 Å². The minimum absolute atomic E-state index is 0.0869. The van der Waals surface area contributed by atoms with Gasteiger partial charge in [0, 0.05) is 11.5 Å². The van der Waals surface area contributed by atoms with Crippen molar-refractivity contribution in [2.24, 2.45) is 5.92 Å². The molecule has 116 valence electrons. The Morgan fingerprint density at radius 3 is 1.57 bits per heavy atom. The van der Waals surface area contributed by atoms with Crippen LogP contribution in [0.4, 0.5) is 22.0 Å². The molecule has 0 aliphatic carbocycles. The van der Waals surface area contributed by atoms with Gasteiger partial charge in [0.25, 0.3) is 0 Å². The predicted octanol–water partition coefficient (Wildman–Crippen LogP) is 4.18. The average molecular weight is 322 g/mol. The third kappa shape index (κ3) is 2.74. The van der Waals surface area contributed by atoms with E-state index in [0.29, 0.717) is 0 Å². The molecule has 0 aromatic heterocycles. The van der Waals surface area contributed by atoms with Crippen LogP contribution in [0.25, 0.3) is 0 Å². The molecule has 2 rings (SSSR count). The maximum absolute atomic E-state index is 14.0. The fourth-order valence-electron chi connectivity index (χ4n) is 2.26. The summed E-state index contributed by atoms with van der Waals surface area (Å²) in [5.74, 6) is -13.9. The first kappa shape index (κ1) is 16.4. The lowest BCUT2D eigenvalue weighted by Gasteiger charge is -2.20. The van der Waals surface area contributed by atoms with E-state index in [1.54, 1.807) is 6.07 Å². The first-order valence-electron chi connectivity index (χ1n) is 6.29. The zero-order valence-corrected chi connectivity index (χ0v) is 11.3. The second kappa shape index (κ2) is 6.45. The van der Waals surface area contributed by atoms with Crippen LogP contribution in [0.3, 0.4) is 0 Å². The zero-order valence-electron chi connectivity index (χ0n) is 11.3. The molecule has 2 aromatic rings. The summed E-state index contributed by atoms with van der Waals surface area (Å²) in [4.78, 5) is 0. The van der Waals surface area contributed by atoms with Crippen LogP contribution < -0.4 is 0 Å². The van der Waals surface area contributed by atoms with Crippen LogP contribution >= 0.6 is 0 Å². The van der Waals surface area contributed by atoms with Gasteiger partial charge in [-0.15, -0.1) is 0 Å². The number of hydrogen-bond donors (Lipinski definition) is 0. The van der Waals surface area contributed by atoms with Crippen molar-refractivity contribution in [1.29, 1.82) is 10.5 Å². The van der Waals surface area contributed by atoms with Gasteiger partial charge in [-0.2, -0.15) is 10.5 Å². The van der Waals surface area contributed by atoms with Crippen molar-refractivity contribution in [2.75, 3.05) is 0 Å². The van der Waals surface area contributed by atoms with Crippen molar-refractivity contribution in [3.63, 3.8) is 0 Å². The minimum atomic E-state index is -2.29. The molecule has 0 bridgehead atoms. The highest BCUT2D eigenvalue weighted by atomic mass is 19.2.